The predicted octanol–water partition coefficient (Wildman–Crippen LogP) is 5.11. The predicted molar refractivity (Wildman–Crippen MR) is 160 cm³/mol. The van der Waals surface area contributed by atoms with E-state index in [1.165, 1.54) is 4.90 Å². The number of amides is 2. The molecule has 0 bridgehead atoms. The lowest BCUT2D eigenvalue weighted by Gasteiger charge is -2.25. The summed E-state index contributed by atoms with van der Waals surface area (Å²) >= 11 is 0. The van der Waals surface area contributed by atoms with Crippen LogP contribution in [-0.2, 0) is 17.9 Å². The molecule has 0 heterocycles. The Bertz CT molecular complexity index is 1500. The van der Waals surface area contributed by atoms with Crippen molar-refractivity contribution in [1.82, 2.24) is 9.80 Å². The maximum Gasteiger partial charge on any atom is 0.305 e. The van der Waals surface area contributed by atoms with Crippen LogP contribution in [0.15, 0.2) is 103 Å². The van der Waals surface area contributed by atoms with Crippen LogP contribution in [0.5, 0.6) is 5.75 Å². The van der Waals surface area contributed by atoms with E-state index in [1.807, 2.05) is 42.5 Å². The van der Waals surface area contributed by atoms with Crippen LogP contribution in [0.1, 0.15) is 38.3 Å². The molecule has 4 rings (SSSR count). The van der Waals surface area contributed by atoms with Gasteiger partial charge in [0, 0.05) is 37.3 Å². The van der Waals surface area contributed by atoms with Gasteiger partial charge in [-0.05, 0) is 46.5 Å². The molecule has 0 aliphatic carbocycles. The highest BCUT2D eigenvalue weighted by atomic mass is 16.5. The van der Waals surface area contributed by atoms with Gasteiger partial charge in [-0.2, -0.15) is 0 Å². The first-order valence-electron chi connectivity index (χ1n) is 13.7. The maximum absolute atomic E-state index is 14.0. The van der Waals surface area contributed by atoms with E-state index in [0.717, 1.165) is 11.1 Å². The molecule has 0 saturated carbocycles. The van der Waals surface area contributed by atoms with Gasteiger partial charge in [0.05, 0.1) is 20.1 Å². The van der Waals surface area contributed by atoms with Gasteiger partial charge in [-0.3, -0.25) is 14.4 Å². The third-order valence-corrected chi connectivity index (χ3v) is 6.89. The summed E-state index contributed by atoms with van der Waals surface area (Å²) in [4.78, 5) is 42.4. The second-order valence-electron chi connectivity index (χ2n) is 9.75. The van der Waals surface area contributed by atoms with E-state index in [-0.39, 0.29) is 44.5 Å². The lowest BCUT2D eigenvalue weighted by Crippen LogP contribution is -2.34. The molecule has 0 spiro atoms. The Kier molecular flexibility index (Phi) is 10.4. The molecule has 0 unspecified atom stereocenters. The summed E-state index contributed by atoms with van der Waals surface area (Å²) in [5.41, 5.74) is 3.64. The van der Waals surface area contributed by atoms with Gasteiger partial charge < -0.3 is 24.7 Å². The van der Waals surface area contributed by atoms with Crippen molar-refractivity contribution in [3.63, 3.8) is 0 Å². The molecular formula is C34H34N2O6. The molecule has 8 heteroatoms. The molecule has 8 nitrogen and oxygen atoms in total. The number of carboxylic acids is 1. The fourth-order valence-corrected chi connectivity index (χ4v) is 4.76. The highest BCUT2D eigenvalue weighted by Gasteiger charge is 2.24. The standard InChI is InChI=1S/C34H34N2O6/c1-42-27-17-15-26(16-18-27)24-35(20-19-32(38)39)33(40)30-13-7-5-11-28(30)29-12-6-8-14-31(29)34(41)36(21-22-37)23-25-9-3-2-4-10-25/h2-18,37H,19-24H2,1H3,(H,38,39). The fourth-order valence-electron chi connectivity index (χ4n) is 4.76. The lowest BCUT2D eigenvalue weighted by molar-refractivity contribution is -0.137. The van der Waals surface area contributed by atoms with Gasteiger partial charge in [0.1, 0.15) is 5.75 Å². The molecular weight excluding hydrogens is 532 g/mol. The second-order valence-corrected chi connectivity index (χ2v) is 9.75. The van der Waals surface area contributed by atoms with E-state index in [2.05, 4.69) is 0 Å². The zero-order valence-corrected chi connectivity index (χ0v) is 23.5. The minimum Gasteiger partial charge on any atom is -0.497 e. The molecule has 4 aromatic carbocycles. The molecule has 2 amide bonds. The Balaban J connectivity index is 1.69. The number of carboxylic acid groups (broad SMARTS) is 1. The van der Waals surface area contributed by atoms with E-state index in [1.54, 1.807) is 72.7 Å². The number of aliphatic hydroxyl groups excluding tert-OH is 1. The number of aliphatic carboxylic acids is 1. The van der Waals surface area contributed by atoms with Crippen molar-refractivity contribution in [1.29, 1.82) is 0 Å². The van der Waals surface area contributed by atoms with E-state index >= 15 is 0 Å². The maximum atomic E-state index is 14.0. The number of methoxy groups -OCH3 is 1. The molecule has 0 fully saturated rings. The molecule has 216 valence electrons. The zero-order chi connectivity index (χ0) is 29.9. The van der Waals surface area contributed by atoms with Crippen molar-refractivity contribution < 1.29 is 29.3 Å². The normalized spacial score (nSPS) is 10.6. The molecule has 0 atom stereocenters. The van der Waals surface area contributed by atoms with Crippen LogP contribution in [0.25, 0.3) is 11.1 Å². The van der Waals surface area contributed by atoms with Crippen LogP contribution in [-0.4, -0.2) is 64.6 Å². The monoisotopic (exact) mass is 566 g/mol. The van der Waals surface area contributed by atoms with Crippen molar-refractivity contribution in [2.24, 2.45) is 0 Å². The van der Waals surface area contributed by atoms with Gasteiger partial charge in [0.25, 0.3) is 11.8 Å². The summed E-state index contributed by atoms with van der Waals surface area (Å²) in [7, 11) is 1.57. The SMILES string of the molecule is COc1ccc(CN(CCC(=O)O)C(=O)c2ccccc2-c2ccccc2C(=O)N(CCO)Cc2ccccc2)cc1. The molecule has 42 heavy (non-hydrogen) atoms. The van der Waals surface area contributed by atoms with E-state index in [4.69, 9.17) is 4.74 Å². The van der Waals surface area contributed by atoms with Crippen molar-refractivity contribution in [2.45, 2.75) is 19.5 Å². The Hall–Kier alpha value is -4.95. The van der Waals surface area contributed by atoms with Gasteiger partial charge in [-0.25, -0.2) is 0 Å². The molecule has 0 aliphatic rings. The summed E-state index contributed by atoms with van der Waals surface area (Å²) in [5.74, 6) is -0.946. The smallest absolute Gasteiger partial charge is 0.305 e. The van der Waals surface area contributed by atoms with Crippen LogP contribution < -0.4 is 4.74 Å². The van der Waals surface area contributed by atoms with Crippen LogP contribution >= 0.6 is 0 Å². The number of carbonyl (C=O) groups is 3. The Morgan fingerprint density at radius 3 is 1.62 bits per heavy atom. The molecule has 4 aromatic rings. The van der Waals surface area contributed by atoms with Crippen LogP contribution in [0.3, 0.4) is 0 Å². The zero-order valence-electron chi connectivity index (χ0n) is 23.5. The van der Waals surface area contributed by atoms with Gasteiger partial charge in [-0.15, -0.1) is 0 Å². The summed E-state index contributed by atoms with van der Waals surface area (Å²) in [5, 5.41) is 19.1. The summed E-state index contributed by atoms with van der Waals surface area (Å²) in [6.45, 7) is 0.482. The first kappa shape index (κ1) is 30.0. The highest BCUT2D eigenvalue weighted by Crippen LogP contribution is 2.30. The minimum absolute atomic E-state index is 0.0104. The number of benzene rings is 4. The first-order chi connectivity index (χ1) is 20.4. The molecule has 0 aliphatic heterocycles. The molecule has 0 saturated heterocycles. The minimum atomic E-state index is -1.01. The van der Waals surface area contributed by atoms with Gasteiger partial charge >= 0.3 is 5.97 Å². The summed E-state index contributed by atoms with van der Waals surface area (Å²) in [6.07, 6.45) is -0.214. The number of hydrogen-bond acceptors (Lipinski definition) is 5. The van der Waals surface area contributed by atoms with E-state index < -0.39 is 5.97 Å². The van der Waals surface area contributed by atoms with Gasteiger partial charge in [0.2, 0.25) is 0 Å². The van der Waals surface area contributed by atoms with E-state index in [9.17, 15) is 24.6 Å². The number of ether oxygens (including phenoxy) is 1. The number of rotatable bonds is 13. The van der Waals surface area contributed by atoms with E-state index in [0.29, 0.717) is 34.5 Å². The quantitative estimate of drug-likeness (QED) is 0.233. The van der Waals surface area contributed by atoms with Crippen molar-refractivity contribution in [3.05, 3.63) is 125 Å². The Labute approximate surface area is 245 Å². The van der Waals surface area contributed by atoms with Crippen LogP contribution in [0, 0.1) is 0 Å². The van der Waals surface area contributed by atoms with Crippen LogP contribution in [0.4, 0.5) is 0 Å². The average Bonchev–Trinajstić information content (AvgIpc) is 3.03. The third kappa shape index (κ3) is 7.62. The Morgan fingerprint density at radius 1 is 0.643 bits per heavy atom. The van der Waals surface area contributed by atoms with Gasteiger partial charge in [0.15, 0.2) is 0 Å². The van der Waals surface area contributed by atoms with Crippen LogP contribution in [0.2, 0.25) is 0 Å². The number of hydrogen-bond donors (Lipinski definition) is 2. The summed E-state index contributed by atoms with van der Waals surface area (Å²) in [6, 6.07) is 30.9. The second kappa shape index (κ2) is 14.6. The van der Waals surface area contributed by atoms with Crippen molar-refractivity contribution in [3.8, 4) is 16.9 Å². The molecule has 2 N–H and O–H groups in total. The van der Waals surface area contributed by atoms with Crippen molar-refractivity contribution >= 4 is 17.8 Å². The average molecular weight is 567 g/mol. The highest BCUT2D eigenvalue weighted by molar-refractivity contribution is 6.06. The van der Waals surface area contributed by atoms with Crippen molar-refractivity contribution in [2.75, 3.05) is 26.8 Å². The summed E-state index contributed by atoms with van der Waals surface area (Å²) < 4.78 is 5.23. The fraction of sp³-hybridized carbons (Fsp3) is 0.206. The third-order valence-electron chi connectivity index (χ3n) is 6.89. The number of nitrogens with zero attached hydrogens (tertiary/aromatic N) is 2. The number of carbonyl (C=O) groups excluding carboxylic acids is 2. The molecule has 0 aromatic heterocycles. The largest absolute Gasteiger partial charge is 0.497 e. The Morgan fingerprint density at radius 2 is 1.12 bits per heavy atom. The lowest BCUT2D eigenvalue weighted by atomic mass is 9.93. The first-order valence-corrected chi connectivity index (χ1v) is 13.7. The van der Waals surface area contributed by atoms with Gasteiger partial charge in [-0.1, -0.05) is 78.9 Å². The number of aliphatic hydroxyl groups is 1. The topological polar surface area (TPSA) is 107 Å². The molecule has 0 radical (unpaired) electrons.